The Morgan fingerprint density at radius 3 is 2.50 bits per heavy atom. The zero-order valence-corrected chi connectivity index (χ0v) is 13.3. The molecule has 0 bridgehead atoms. The van der Waals surface area contributed by atoms with Gasteiger partial charge in [-0.05, 0) is 43.3 Å². The number of ether oxygens (including phenoxy) is 1. The van der Waals surface area contributed by atoms with Crippen LogP contribution in [0.4, 0.5) is 5.69 Å². The summed E-state index contributed by atoms with van der Waals surface area (Å²) in [5.41, 5.74) is 1.22. The molecule has 22 heavy (non-hydrogen) atoms. The fourth-order valence-electron chi connectivity index (χ4n) is 1.83. The van der Waals surface area contributed by atoms with Crippen LogP contribution in [0.3, 0.4) is 0 Å². The number of anilines is 1. The molecule has 1 amide bonds. The molecule has 0 saturated carbocycles. The Hall–Kier alpha value is -2.27. The summed E-state index contributed by atoms with van der Waals surface area (Å²) in [5.74, 6) is 0.955. The number of thioether (sulfide) groups is 1. The molecule has 2 aromatic rings. The van der Waals surface area contributed by atoms with Crippen LogP contribution in [0, 0.1) is 0 Å². The second kappa shape index (κ2) is 7.66. The Balaban J connectivity index is 1.89. The maximum Gasteiger partial charge on any atom is 0.234 e. The van der Waals surface area contributed by atoms with Crippen LogP contribution in [0.2, 0.25) is 0 Å². The lowest BCUT2D eigenvalue weighted by molar-refractivity contribution is -0.113. The van der Waals surface area contributed by atoms with Gasteiger partial charge in [-0.2, -0.15) is 0 Å². The normalized spacial score (nSPS) is 10.1. The quantitative estimate of drug-likeness (QED) is 0.653. The third-order valence-corrected chi connectivity index (χ3v) is 3.99. The fraction of sp³-hybridized carbons (Fsp3) is 0.176. The number of rotatable bonds is 6. The lowest BCUT2D eigenvalue weighted by atomic mass is 10.1. The molecule has 5 heteroatoms. The van der Waals surface area contributed by atoms with E-state index >= 15 is 0 Å². The standard InChI is InChI=1S/C17H17NO3S/c1-12(19)13-4-3-5-14(10-13)18-17(20)11-22-16-8-6-15(21-2)7-9-16/h3-10H,11H2,1-2H3,(H,18,20). The molecular formula is C17H17NO3S. The van der Waals surface area contributed by atoms with Crippen molar-refractivity contribution in [3.8, 4) is 5.75 Å². The average Bonchev–Trinajstić information content (AvgIpc) is 2.53. The highest BCUT2D eigenvalue weighted by molar-refractivity contribution is 8.00. The highest BCUT2D eigenvalue weighted by Gasteiger charge is 2.06. The topological polar surface area (TPSA) is 55.4 Å². The predicted octanol–water partition coefficient (Wildman–Crippen LogP) is 3.63. The first-order valence-electron chi connectivity index (χ1n) is 6.76. The van der Waals surface area contributed by atoms with Crippen molar-refractivity contribution < 1.29 is 14.3 Å². The molecule has 0 unspecified atom stereocenters. The van der Waals surface area contributed by atoms with Crippen molar-refractivity contribution in [3.63, 3.8) is 0 Å². The zero-order chi connectivity index (χ0) is 15.9. The Morgan fingerprint density at radius 1 is 1.14 bits per heavy atom. The van der Waals surface area contributed by atoms with Gasteiger partial charge in [-0.25, -0.2) is 0 Å². The second-order valence-electron chi connectivity index (χ2n) is 4.65. The average molecular weight is 315 g/mol. The number of methoxy groups -OCH3 is 1. The largest absolute Gasteiger partial charge is 0.497 e. The van der Waals surface area contributed by atoms with Crippen molar-refractivity contribution in [2.75, 3.05) is 18.2 Å². The first-order valence-corrected chi connectivity index (χ1v) is 7.75. The molecule has 0 aliphatic heterocycles. The first-order chi connectivity index (χ1) is 10.6. The number of carbonyl (C=O) groups excluding carboxylic acids is 2. The Labute approximate surface area is 133 Å². The van der Waals surface area contributed by atoms with Gasteiger partial charge in [-0.1, -0.05) is 12.1 Å². The molecule has 0 spiro atoms. The van der Waals surface area contributed by atoms with E-state index in [-0.39, 0.29) is 11.7 Å². The Kier molecular flexibility index (Phi) is 5.61. The number of hydrogen-bond acceptors (Lipinski definition) is 4. The van der Waals surface area contributed by atoms with Crippen LogP contribution < -0.4 is 10.1 Å². The van der Waals surface area contributed by atoms with E-state index in [2.05, 4.69) is 5.32 Å². The zero-order valence-electron chi connectivity index (χ0n) is 12.5. The van der Waals surface area contributed by atoms with E-state index in [0.29, 0.717) is 17.0 Å². The molecule has 0 fully saturated rings. The van der Waals surface area contributed by atoms with Crippen LogP contribution in [0.1, 0.15) is 17.3 Å². The van der Waals surface area contributed by atoms with Gasteiger partial charge in [0, 0.05) is 16.1 Å². The van der Waals surface area contributed by atoms with Crippen molar-refractivity contribution >= 4 is 29.1 Å². The van der Waals surface area contributed by atoms with E-state index in [1.165, 1.54) is 18.7 Å². The molecule has 0 aliphatic rings. The minimum Gasteiger partial charge on any atom is -0.497 e. The van der Waals surface area contributed by atoms with Crippen molar-refractivity contribution in [3.05, 3.63) is 54.1 Å². The number of hydrogen-bond donors (Lipinski definition) is 1. The molecule has 114 valence electrons. The maximum atomic E-state index is 11.9. The highest BCUT2D eigenvalue weighted by Crippen LogP contribution is 2.21. The van der Waals surface area contributed by atoms with Crippen LogP contribution in [-0.4, -0.2) is 24.6 Å². The maximum absolute atomic E-state index is 11.9. The van der Waals surface area contributed by atoms with Gasteiger partial charge < -0.3 is 10.1 Å². The van der Waals surface area contributed by atoms with Crippen LogP contribution in [0.15, 0.2) is 53.4 Å². The third kappa shape index (κ3) is 4.63. The summed E-state index contributed by atoms with van der Waals surface area (Å²) in [6.45, 7) is 1.50. The fourth-order valence-corrected chi connectivity index (χ4v) is 2.53. The molecule has 0 saturated heterocycles. The number of ketones is 1. The Morgan fingerprint density at radius 2 is 1.86 bits per heavy atom. The van der Waals surface area contributed by atoms with E-state index in [4.69, 9.17) is 4.74 Å². The van der Waals surface area contributed by atoms with Gasteiger partial charge in [0.05, 0.1) is 12.9 Å². The van der Waals surface area contributed by atoms with E-state index in [0.717, 1.165) is 10.6 Å². The monoisotopic (exact) mass is 315 g/mol. The van der Waals surface area contributed by atoms with Crippen molar-refractivity contribution in [1.82, 2.24) is 0 Å². The minimum atomic E-state index is -0.110. The molecule has 2 aromatic carbocycles. The van der Waals surface area contributed by atoms with E-state index in [9.17, 15) is 9.59 Å². The molecule has 0 heterocycles. The summed E-state index contributed by atoms with van der Waals surface area (Å²) >= 11 is 1.44. The van der Waals surface area contributed by atoms with E-state index in [1.807, 2.05) is 24.3 Å². The summed E-state index contributed by atoms with van der Waals surface area (Å²) in [7, 11) is 1.62. The number of benzene rings is 2. The number of nitrogens with one attached hydrogen (secondary N) is 1. The summed E-state index contributed by atoms with van der Waals surface area (Å²) in [6.07, 6.45) is 0. The number of Topliss-reactive ketones (excluding diaryl/α,β-unsaturated/α-hetero) is 1. The van der Waals surface area contributed by atoms with Gasteiger partial charge in [0.2, 0.25) is 5.91 Å². The van der Waals surface area contributed by atoms with E-state index < -0.39 is 0 Å². The molecule has 2 rings (SSSR count). The third-order valence-electron chi connectivity index (χ3n) is 2.98. The molecule has 0 atom stereocenters. The molecule has 0 aliphatic carbocycles. The minimum absolute atomic E-state index is 0.0243. The van der Waals surface area contributed by atoms with Crippen LogP contribution in [-0.2, 0) is 4.79 Å². The molecular weight excluding hydrogens is 298 g/mol. The van der Waals surface area contributed by atoms with Crippen molar-refractivity contribution in [2.45, 2.75) is 11.8 Å². The molecule has 1 N–H and O–H groups in total. The number of amides is 1. The predicted molar refractivity (Wildman–Crippen MR) is 88.8 cm³/mol. The van der Waals surface area contributed by atoms with Gasteiger partial charge in [0.1, 0.15) is 5.75 Å². The van der Waals surface area contributed by atoms with Crippen molar-refractivity contribution in [2.24, 2.45) is 0 Å². The first kappa shape index (κ1) is 16.1. The van der Waals surface area contributed by atoms with Gasteiger partial charge in [-0.3, -0.25) is 9.59 Å². The van der Waals surface area contributed by atoms with Crippen LogP contribution in [0.25, 0.3) is 0 Å². The number of carbonyl (C=O) groups is 2. The SMILES string of the molecule is COc1ccc(SCC(=O)Nc2cccc(C(C)=O)c2)cc1. The summed E-state index contributed by atoms with van der Waals surface area (Å²) in [4.78, 5) is 24.3. The van der Waals surface area contributed by atoms with Gasteiger partial charge >= 0.3 is 0 Å². The van der Waals surface area contributed by atoms with Crippen LogP contribution >= 0.6 is 11.8 Å². The van der Waals surface area contributed by atoms with Gasteiger partial charge in [0.15, 0.2) is 5.78 Å². The summed E-state index contributed by atoms with van der Waals surface area (Å²) < 4.78 is 5.09. The summed E-state index contributed by atoms with van der Waals surface area (Å²) in [6, 6.07) is 14.5. The lowest BCUT2D eigenvalue weighted by Gasteiger charge is -2.07. The van der Waals surface area contributed by atoms with Crippen LogP contribution in [0.5, 0.6) is 5.75 Å². The lowest BCUT2D eigenvalue weighted by Crippen LogP contribution is -2.14. The van der Waals surface area contributed by atoms with E-state index in [1.54, 1.807) is 31.4 Å². The van der Waals surface area contributed by atoms with Gasteiger partial charge in [0.25, 0.3) is 0 Å². The molecule has 0 aromatic heterocycles. The molecule has 0 radical (unpaired) electrons. The van der Waals surface area contributed by atoms with Crippen molar-refractivity contribution in [1.29, 1.82) is 0 Å². The second-order valence-corrected chi connectivity index (χ2v) is 5.70. The highest BCUT2D eigenvalue weighted by atomic mass is 32.2. The van der Waals surface area contributed by atoms with Gasteiger partial charge in [-0.15, -0.1) is 11.8 Å². The smallest absolute Gasteiger partial charge is 0.234 e. The summed E-state index contributed by atoms with van der Waals surface area (Å²) in [5, 5.41) is 2.79. The Bertz CT molecular complexity index is 668. The molecule has 4 nitrogen and oxygen atoms in total.